The Morgan fingerprint density at radius 1 is 1.21 bits per heavy atom. The van der Waals surface area contributed by atoms with Crippen LogP contribution >= 0.6 is 0 Å². The Hall–Kier alpha value is -3.46. The Morgan fingerprint density at radius 2 is 1.97 bits per heavy atom. The molecule has 2 aromatic rings. The molecule has 152 valence electrons. The minimum atomic E-state index is -0.301. The Morgan fingerprint density at radius 3 is 2.66 bits per heavy atom. The average Bonchev–Trinajstić information content (AvgIpc) is 2.75. The number of carbonyl (C=O) groups excluding carboxylic acids is 2. The van der Waals surface area contributed by atoms with Crippen LogP contribution in [0.2, 0.25) is 0 Å². The van der Waals surface area contributed by atoms with Crippen LogP contribution in [0.5, 0.6) is 0 Å². The van der Waals surface area contributed by atoms with E-state index in [9.17, 15) is 9.59 Å². The summed E-state index contributed by atoms with van der Waals surface area (Å²) in [4.78, 5) is 35.6. The number of benzene rings is 1. The number of aromatic nitrogens is 2. The van der Waals surface area contributed by atoms with Gasteiger partial charge in [0.05, 0.1) is 11.4 Å². The van der Waals surface area contributed by atoms with Gasteiger partial charge in [-0.1, -0.05) is 6.58 Å². The summed E-state index contributed by atoms with van der Waals surface area (Å²) in [5.74, 6) is 0.551. The van der Waals surface area contributed by atoms with Crippen LogP contribution in [0, 0.1) is 0 Å². The third-order valence-corrected chi connectivity index (χ3v) is 4.66. The number of rotatable bonds is 6. The van der Waals surface area contributed by atoms with Crippen LogP contribution in [-0.2, 0) is 9.59 Å². The SMILES string of the molecule is C=CC(=O)Nc1cc(N2CCNCC2)ccc1Nc1cc(N(C)C(C)=O)ncn1. The molecule has 0 aliphatic carbocycles. The van der Waals surface area contributed by atoms with Crippen molar-refractivity contribution in [1.29, 1.82) is 0 Å². The Labute approximate surface area is 169 Å². The summed E-state index contributed by atoms with van der Waals surface area (Å²) in [7, 11) is 1.65. The van der Waals surface area contributed by atoms with Crippen molar-refractivity contribution >= 4 is 40.5 Å². The third-order valence-electron chi connectivity index (χ3n) is 4.66. The summed E-state index contributed by atoms with van der Waals surface area (Å²) >= 11 is 0. The van der Waals surface area contributed by atoms with Gasteiger partial charge in [-0.3, -0.25) is 9.59 Å². The van der Waals surface area contributed by atoms with Crippen LogP contribution in [0.15, 0.2) is 43.2 Å². The highest BCUT2D eigenvalue weighted by Gasteiger charge is 2.15. The predicted molar refractivity (Wildman–Crippen MR) is 115 cm³/mol. The first-order valence-electron chi connectivity index (χ1n) is 9.34. The highest BCUT2D eigenvalue weighted by Crippen LogP contribution is 2.30. The summed E-state index contributed by atoms with van der Waals surface area (Å²) in [6.45, 7) is 8.62. The normalized spacial score (nSPS) is 13.5. The molecule has 1 aliphatic heterocycles. The maximum absolute atomic E-state index is 11.9. The van der Waals surface area contributed by atoms with Crippen molar-refractivity contribution in [3.05, 3.63) is 43.2 Å². The maximum Gasteiger partial charge on any atom is 0.247 e. The fourth-order valence-corrected chi connectivity index (χ4v) is 2.95. The molecule has 3 N–H and O–H groups in total. The van der Waals surface area contributed by atoms with Gasteiger partial charge in [0.2, 0.25) is 11.8 Å². The van der Waals surface area contributed by atoms with E-state index in [1.807, 2.05) is 18.2 Å². The predicted octanol–water partition coefficient (Wildman–Crippen LogP) is 1.74. The molecule has 9 heteroatoms. The first kappa shape index (κ1) is 20.3. The second kappa shape index (κ2) is 9.16. The molecule has 1 aromatic heterocycles. The van der Waals surface area contributed by atoms with Crippen LogP contribution in [0.3, 0.4) is 0 Å². The standard InChI is InChI=1S/C20H25N7O2/c1-4-20(29)25-17-11-15(27-9-7-21-8-10-27)5-6-16(17)24-18-12-19(23-13-22-18)26(3)14(2)28/h4-6,11-13,21H,1,7-10H2,2-3H3,(H,25,29)(H,22,23,24). The molecule has 1 saturated heterocycles. The van der Waals surface area contributed by atoms with Gasteiger partial charge in [-0.15, -0.1) is 0 Å². The van der Waals surface area contributed by atoms with Gasteiger partial charge in [-0.05, 0) is 24.3 Å². The molecule has 0 bridgehead atoms. The van der Waals surface area contributed by atoms with Crippen molar-refractivity contribution < 1.29 is 9.59 Å². The minimum absolute atomic E-state index is 0.131. The lowest BCUT2D eigenvalue weighted by Crippen LogP contribution is -2.43. The highest BCUT2D eigenvalue weighted by molar-refractivity contribution is 6.02. The molecule has 29 heavy (non-hydrogen) atoms. The van der Waals surface area contributed by atoms with E-state index in [1.165, 1.54) is 24.2 Å². The number of hydrogen-bond acceptors (Lipinski definition) is 7. The molecule has 0 unspecified atom stereocenters. The molecule has 2 heterocycles. The quantitative estimate of drug-likeness (QED) is 0.640. The minimum Gasteiger partial charge on any atom is -0.369 e. The van der Waals surface area contributed by atoms with E-state index in [-0.39, 0.29) is 11.8 Å². The largest absolute Gasteiger partial charge is 0.369 e. The fourth-order valence-electron chi connectivity index (χ4n) is 2.95. The monoisotopic (exact) mass is 395 g/mol. The molecule has 1 fully saturated rings. The number of anilines is 5. The number of hydrogen-bond donors (Lipinski definition) is 3. The summed E-state index contributed by atoms with van der Waals surface area (Å²) in [5, 5.41) is 9.37. The van der Waals surface area contributed by atoms with Gasteiger partial charge >= 0.3 is 0 Å². The third kappa shape index (κ3) is 5.08. The number of nitrogens with one attached hydrogen (secondary N) is 3. The van der Waals surface area contributed by atoms with Crippen molar-refractivity contribution in [2.24, 2.45) is 0 Å². The van der Waals surface area contributed by atoms with Crippen molar-refractivity contribution in [2.75, 3.05) is 53.7 Å². The van der Waals surface area contributed by atoms with Gasteiger partial charge < -0.3 is 25.8 Å². The second-order valence-electron chi connectivity index (χ2n) is 6.62. The molecular formula is C20H25N7O2. The first-order chi connectivity index (χ1) is 14.0. The van der Waals surface area contributed by atoms with E-state index in [1.54, 1.807) is 13.1 Å². The van der Waals surface area contributed by atoms with Gasteiger partial charge in [0.15, 0.2) is 0 Å². The van der Waals surface area contributed by atoms with Gasteiger partial charge in [0.25, 0.3) is 0 Å². The molecule has 1 aromatic carbocycles. The van der Waals surface area contributed by atoms with Crippen LogP contribution < -0.4 is 25.8 Å². The van der Waals surface area contributed by atoms with E-state index >= 15 is 0 Å². The van der Waals surface area contributed by atoms with Crippen LogP contribution in [0.4, 0.5) is 28.7 Å². The molecule has 9 nitrogen and oxygen atoms in total. The van der Waals surface area contributed by atoms with Gasteiger partial charge in [0.1, 0.15) is 18.0 Å². The lowest BCUT2D eigenvalue weighted by molar-refractivity contribution is -0.116. The molecule has 0 radical (unpaired) electrons. The summed E-state index contributed by atoms with van der Waals surface area (Å²) in [5.41, 5.74) is 2.32. The number of carbonyl (C=O) groups is 2. The molecular weight excluding hydrogens is 370 g/mol. The molecule has 1 aliphatic rings. The highest BCUT2D eigenvalue weighted by atomic mass is 16.2. The zero-order valence-corrected chi connectivity index (χ0v) is 16.6. The van der Waals surface area contributed by atoms with Crippen LogP contribution in [-0.4, -0.2) is 55.0 Å². The Bertz CT molecular complexity index is 909. The lowest BCUT2D eigenvalue weighted by Gasteiger charge is -2.30. The molecule has 3 rings (SSSR count). The topological polar surface area (TPSA) is 102 Å². The molecule has 0 spiro atoms. The number of nitrogens with zero attached hydrogens (tertiary/aromatic N) is 4. The zero-order chi connectivity index (χ0) is 20.8. The zero-order valence-electron chi connectivity index (χ0n) is 16.6. The molecule has 0 saturated carbocycles. The molecule has 2 amide bonds. The Balaban J connectivity index is 1.89. The average molecular weight is 395 g/mol. The lowest BCUT2D eigenvalue weighted by atomic mass is 10.2. The van der Waals surface area contributed by atoms with Crippen LogP contribution in [0.1, 0.15) is 6.92 Å². The second-order valence-corrected chi connectivity index (χ2v) is 6.62. The van der Waals surface area contributed by atoms with Crippen molar-refractivity contribution in [3.8, 4) is 0 Å². The van der Waals surface area contributed by atoms with Crippen molar-refractivity contribution in [3.63, 3.8) is 0 Å². The van der Waals surface area contributed by atoms with E-state index < -0.39 is 0 Å². The summed E-state index contributed by atoms with van der Waals surface area (Å²) in [6.07, 6.45) is 2.61. The van der Waals surface area contributed by atoms with Gasteiger partial charge in [0, 0.05) is 51.9 Å². The fraction of sp³-hybridized carbons (Fsp3) is 0.300. The van der Waals surface area contributed by atoms with Gasteiger partial charge in [-0.25, -0.2) is 9.97 Å². The van der Waals surface area contributed by atoms with E-state index in [4.69, 9.17) is 0 Å². The van der Waals surface area contributed by atoms with E-state index in [0.717, 1.165) is 31.9 Å². The van der Waals surface area contributed by atoms with E-state index in [2.05, 4.69) is 37.4 Å². The summed E-state index contributed by atoms with van der Waals surface area (Å²) in [6, 6.07) is 7.50. The number of piperazine rings is 1. The first-order valence-corrected chi connectivity index (χ1v) is 9.34. The van der Waals surface area contributed by atoms with Crippen molar-refractivity contribution in [2.45, 2.75) is 6.92 Å². The smallest absolute Gasteiger partial charge is 0.247 e. The molecule has 0 atom stereocenters. The van der Waals surface area contributed by atoms with E-state index in [0.29, 0.717) is 23.0 Å². The van der Waals surface area contributed by atoms with Crippen LogP contribution in [0.25, 0.3) is 0 Å². The van der Waals surface area contributed by atoms with Gasteiger partial charge in [-0.2, -0.15) is 0 Å². The summed E-state index contributed by atoms with van der Waals surface area (Å²) < 4.78 is 0. The maximum atomic E-state index is 11.9. The van der Waals surface area contributed by atoms with Crippen molar-refractivity contribution in [1.82, 2.24) is 15.3 Å². The number of amides is 2. The Kier molecular flexibility index (Phi) is 6.40.